The molecule has 3 aromatic rings. The number of carbonyl (C=O) groups is 1. The molecule has 0 aliphatic rings. The first-order valence-electron chi connectivity index (χ1n) is 9.19. The third kappa shape index (κ3) is 5.10. The summed E-state index contributed by atoms with van der Waals surface area (Å²) in [7, 11) is 1.50. The van der Waals surface area contributed by atoms with Gasteiger partial charge in [0.2, 0.25) is 0 Å². The Morgan fingerprint density at radius 2 is 1.97 bits per heavy atom. The number of pyridine rings is 1. The summed E-state index contributed by atoms with van der Waals surface area (Å²) in [6, 6.07) is 15.1. The van der Waals surface area contributed by atoms with Gasteiger partial charge >= 0.3 is 0 Å². The van der Waals surface area contributed by atoms with Crippen LogP contribution in [0.1, 0.15) is 15.9 Å². The fourth-order valence-corrected chi connectivity index (χ4v) is 3.01. The van der Waals surface area contributed by atoms with Crippen LogP contribution >= 0.6 is 11.6 Å². The number of nitrogens with zero attached hydrogens (tertiary/aromatic N) is 1. The highest BCUT2D eigenvalue weighted by molar-refractivity contribution is 6.31. The number of carbonyl (C=O) groups excluding carboxylic acids is 1. The van der Waals surface area contributed by atoms with Crippen LogP contribution in [0.3, 0.4) is 0 Å². The first-order valence-corrected chi connectivity index (χ1v) is 9.56. The summed E-state index contributed by atoms with van der Waals surface area (Å²) in [4.78, 5) is 24.9. The van der Waals surface area contributed by atoms with E-state index in [9.17, 15) is 9.59 Å². The van der Waals surface area contributed by atoms with Gasteiger partial charge in [-0.2, -0.15) is 0 Å². The molecule has 0 saturated carbocycles. The van der Waals surface area contributed by atoms with Gasteiger partial charge in [-0.15, -0.1) is 0 Å². The molecule has 0 radical (unpaired) electrons. The smallest absolute Gasteiger partial charge is 0.255 e. The zero-order chi connectivity index (χ0) is 21.5. The Morgan fingerprint density at radius 1 is 1.17 bits per heavy atom. The van der Waals surface area contributed by atoms with Crippen molar-refractivity contribution in [3.05, 3.63) is 100.0 Å². The number of halogens is 1. The normalized spacial score (nSPS) is 10.3. The summed E-state index contributed by atoms with van der Waals surface area (Å²) in [5.41, 5.74) is 1.49. The van der Waals surface area contributed by atoms with Crippen LogP contribution in [0.4, 0.5) is 5.69 Å². The monoisotopic (exact) mass is 424 g/mol. The number of benzene rings is 2. The molecule has 0 spiro atoms. The Labute approximate surface area is 179 Å². The average Bonchev–Trinajstić information content (AvgIpc) is 2.76. The van der Waals surface area contributed by atoms with Crippen LogP contribution in [0, 0.1) is 0 Å². The molecule has 0 saturated heterocycles. The van der Waals surface area contributed by atoms with E-state index in [1.54, 1.807) is 42.6 Å². The van der Waals surface area contributed by atoms with Gasteiger partial charge in [0.1, 0.15) is 6.61 Å². The number of rotatable bonds is 8. The fraction of sp³-hybridized carbons (Fsp3) is 0.130. The summed E-state index contributed by atoms with van der Waals surface area (Å²) in [6.07, 6.45) is 3.21. The molecule has 1 aromatic heterocycles. The predicted octanol–water partition coefficient (Wildman–Crippen LogP) is 4.38. The van der Waals surface area contributed by atoms with Crippen LogP contribution in [0.5, 0.6) is 11.5 Å². The topological polar surface area (TPSA) is 69.6 Å². The molecule has 1 amide bonds. The van der Waals surface area contributed by atoms with Gasteiger partial charge in [-0.25, -0.2) is 0 Å². The number of ether oxygens (including phenoxy) is 2. The lowest BCUT2D eigenvalue weighted by Gasteiger charge is -2.12. The molecule has 1 N–H and O–H groups in total. The van der Waals surface area contributed by atoms with E-state index in [-0.39, 0.29) is 11.5 Å². The minimum atomic E-state index is -0.341. The van der Waals surface area contributed by atoms with Gasteiger partial charge in [0.05, 0.1) is 19.3 Å². The first kappa shape index (κ1) is 21.2. The van der Waals surface area contributed by atoms with E-state index in [1.165, 1.54) is 17.7 Å². The Bertz CT molecular complexity index is 1120. The van der Waals surface area contributed by atoms with Gasteiger partial charge in [-0.3, -0.25) is 9.59 Å². The largest absolute Gasteiger partial charge is 0.493 e. The molecule has 0 atom stereocenters. The van der Waals surface area contributed by atoms with Crippen LogP contribution in [0.25, 0.3) is 0 Å². The van der Waals surface area contributed by atoms with E-state index in [1.807, 2.05) is 18.2 Å². The van der Waals surface area contributed by atoms with Gasteiger partial charge in [0.15, 0.2) is 11.5 Å². The first-order chi connectivity index (χ1) is 14.5. The van der Waals surface area contributed by atoms with E-state index in [0.717, 1.165) is 5.56 Å². The minimum Gasteiger partial charge on any atom is -0.493 e. The summed E-state index contributed by atoms with van der Waals surface area (Å²) < 4.78 is 12.3. The van der Waals surface area contributed by atoms with Crippen molar-refractivity contribution in [2.75, 3.05) is 19.0 Å². The maximum Gasteiger partial charge on any atom is 0.255 e. The molecule has 6 nitrogen and oxygen atoms in total. The molecular formula is C23H21ClN2O4. The molecule has 30 heavy (non-hydrogen) atoms. The van der Waals surface area contributed by atoms with E-state index < -0.39 is 0 Å². The second-order valence-corrected chi connectivity index (χ2v) is 6.80. The fourth-order valence-electron chi connectivity index (χ4n) is 2.82. The van der Waals surface area contributed by atoms with Crippen LogP contribution in [-0.2, 0) is 6.54 Å². The number of hydrogen-bond acceptors (Lipinski definition) is 4. The van der Waals surface area contributed by atoms with Gasteiger partial charge in [0, 0.05) is 22.8 Å². The van der Waals surface area contributed by atoms with E-state index in [4.69, 9.17) is 21.1 Å². The number of amides is 1. The van der Waals surface area contributed by atoms with Crippen LogP contribution < -0.4 is 20.3 Å². The Kier molecular flexibility index (Phi) is 6.93. The Balaban J connectivity index is 1.79. The van der Waals surface area contributed by atoms with Crippen molar-refractivity contribution >= 4 is 23.2 Å². The number of methoxy groups -OCH3 is 1. The van der Waals surface area contributed by atoms with Gasteiger partial charge in [-0.05, 0) is 35.9 Å². The highest BCUT2D eigenvalue weighted by Gasteiger charge is 2.12. The lowest BCUT2D eigenvalue weighted by atomic mass is 10.2. The molecule has 0 unspecified atom stereocenters. The van der Waals surface area contributed by atoms with Gasteiger partial charge in [0.25, 0.3) is 11.5 Å². The molecule has 154 valence electrons. The van der Waals surface area contributed by atoms with Crippen molar-refractivity contribution < 1.29 is 14.3 Å². The van der Waals surface area contributed by atoms with Crippen molar-refractivity contribution in [1.29, 1.82) is 0 Å². The van der Waals surface area contributed by atoms with E-state index in [2.05, 4.69) is 11.9 Å². The van der Waals surface area contributed by atoms with Crippen molar-refractivity contribution in [3.8, 4) is 11.5 Å². The maximum atomic E-state index is 12.7. The molecule has 3 rings (SSSR count). The number of nitrogens with one attached hydrogen (secondary N) is 1. The minimum absolute atomic E-state index is 0.196. The zero-order valence-corrected chi connectivity index (χ0v) is 17.2. The van der Waals surface area contributed by atoms with Crippen molar-refractivity contribution in [1.82, 2.24) is 4.57 Å². The Hall–Kier alpha value is -3.51. The number of anilines is 1. The molecular weight excluding hydrogens is 404 g/mol. The van der Waals surface area contributed by atoms with Crippen LogP contribution in [0.15, 0.2) is 78.2 Å². The molecule has 0 aliphatic heterocycles. The van der Waals surface area contributed by atoms with E-state index >= 15 is 0 Å². The third-order valence-corrected chi connectivity index (χ3v) is 4.69. The molecule has 0 aliphatic carbocycles. The standard InChI is InChI=1S/C23H21ClN2O4/c1-3-12-30-20-10-8-16(13-21(20)29-2)23(28)25-18-9-11-22(27)26(15-18)14-17-6-4-5-7-19(17)24/h3-11,13,15H,1,12,14H2,2H3,(H,25,28). The maximum absolute atomic E-state index is 12.7. The second-order valence-electron chi connectivity index (χ2n) is 6.39. The van der Waals surface area contributed by atoms with E-state index in [0.29, 0.717) is 40.9 Å². The zero-order valence-electron chi connectivity index (χ0n) is 16.4. The number of hydrogen-bond donors (Lipinski definition) is 1. The average molecular weight is 425 g/mol. The van der Waals surface area contributed by atoms with Crippen LogP contribution in [-0.4, -0.2) is 24.2 Å². The second kappa shape index (κ2) is 9.80. The van der Waals surface area contributed by atoms with Crippen molar-refractivity contribution in [2.45, 2.75) is 6.54 Å². The Morgan fingerprint density at radius 3 is 2.70 bits per heavy atom. The number of aromatic nitrogens is 1. The summed E-state index contributed by atoms with van der Waals surface area (Å²) in [5, 5.41) is 3.37. The van der Waals surface area contributed by atoms with Crippen molar-refractivity contribution in [2.24, 2.45) is 0 Å². The lowest BCUT2D eigenvalue weighted by molar-refractivity contribution is 0.102. The molecule has 1 heterocycles. The SMILES string of the molecule is C=CCOc1ccc(C(=O)Nc2ccc(=O)n(Cc3ccccc3Cl)c2)cc1OC. The quantitative estimate of drug-likeness (QED) is 0.545. The van der Waals surface area contributed by atoms with Gasteiger partial charge in [-0.1, -0.05) is 42.5 Å². The third-order valence-electron chi connectivity index (χ3n) is 4.32. The van der Waals surface area contributed by atoms with Crippen molar-refractivity contribution in [3.63, 3.8) is 0 Å². The summed E-state index contributed by atoms with van der Waals surface area (Å²) in [5.74, 6) is 0.613. The molecule has 0 bridgehead atoms. The summed E-state index contributed by atoms with van der Waals surface area (Å²) in [6.45, 7) is 4.23. The molecule has 7 heteroatoms. The highest BCUT2D eigenvalue weighted by Crippen LogP contribution is 2.28. The lowest BCUT2D eigenvalue weighted by Crippen LogP contribution is -2.21. The predicted molar refractivity (Wildman–Crippen MR) is 118 cm³/mol. The van der Waals surface area contributed by atoms with Gasteiger partial charge < -0.3 is 19.4 Å². The summed E-state index contributed by atoms with van der Waals surface area (Å²) >= 11 is 6.19. The molecule has 2 aromatic carbocycles. The van der Waals surface area contributed by atoms with Crippen LogP contribution in [0.2, 0.25) is 5.02 Å². The highest BCUT2D eigenvalue weighted by atomic mass is 35.5. The molecule has 0 fully saturated rings.